The zero-order valence-electron chi connectivity index (χ0n) is 24.6. The first-order valence-electron chi connectivity index (χ1n) is 13.7. The summed E-state index contributed by atoms with van der Waals surface area (Å²) < 4.78 is 5.60. The van der Waals surface area contributed by atoms with E-state index in [1.807, 2.05) is 30.3 Å². The van der Waals surface area contributed by atoms with Gasteiger partial charge in [0.25, 0.3) is 5.91 Å². The number of aromatic hydroxyl groups is 2. The van der Waals surface area contributed by atoms with Crippen molar-refractivity contribution >= 4 is 11.7 Å². The van der Waals surface area contributed by atoms with E-state index in [1.165, 1.54) is 35.4 Å². The summed E-state index contributed by atoms with van der Waals surface area (Å²) in [5, 5.41) is 19.5. The maximum absolute atomic E-state index is 12.4. The van der Waals surface area contributed by atoms with Gasteiger partial charge in [-0.1, -0.05) is 77.4 Å². The third kappa shape index (κ3) is 10.8. The Morgan fingerprint density at radius 3 is 1.92 bits per heavy atom. The van der Waals surface area contributed by atoms with Gasteiger partial charge in [-0.15, -0.1) is 0 Å². The fraction of sp³-hybridized carbons (Fsp3) is 0.394. The lowest BCUT2D eigenvalue weighted by atomic mass is 10.0. The van der Waals surface area contributed by atoms with Crippen LogP contribution in [0.15, 0.2) is 60.7 Å². The Labute approximate surface area is 234 Å². The minimum absolute atomic E-state index is 0.00858. The van der Waals surface area contributed by atoms with Crippen molar-refractivity contribution in [3.05, 3.63) is 88.5 Å². The fourth-order valence-corrected chi connectivity index (χ4v) is 3.75. The van der Waals surface area contributed by atoms with Crippen molar-refractivity contribution in [2.75, 3.05) is 13.7 Å². The zero-order chi connectivity index (χ0) is 29.4. The van der Waals surface area contributed by atoms with Crippen LogP contribution in [-0.2, 0) is 19.4 Å². The Kier molecular flexibility index (Phi) is 15.0. The van der Waals surface area contributed by atoms with Crippen molar-refractivity contribution < 1.29 is 24.5 Å². The molecule has 212 valence electrons. The number of amides is 1. The summed E-state index contributed by atoms with van der Waals surface area (Å²) in [5.41, 5.74) is 3.80. The number of nitrogens with zero attached hydrogens (tertiary/aromatic N) is 1. The van der Waals surface area contributed by atoms with E-state index in [4.69, 9.17) is 4.74 Å². The molecular weight excluding hydrogens is 490 g/mol. The van der Waals surface area contributed by atoms with Crippen LogP contribution in [0.3, 0.4) is 0 Å². The van der Waals surface area contributed by atoms with E-state index in [-0.39, 0.29) is 28.4 Å². The van der Waals surface area contributed by atoms with Crippen molar-refractivity contribution in [2.45, 2.75) is 73.8 Å². The molecule has 1 amide bonds. The van der Waals surface area contributed by atoms with Crippen LogP contribution in [0.5, 0.6) is 17.2 Å². The molecule has 0 spiro atoms. The summed E-state index contributed by atoms with van der Waals surface area (Å²) in [5.74, 6) is -0.485. The lowest BCUT2D eigenvalue weighted by molar-refractivity contribution is 0.0782. The highest BCUT2D eigenvalue weighted by atomic mass is 16.5. The van der Waals surface area contributed by atoms with Gasteiger partial charge in [-0.25, -0.2) is 0 Å². The van der Waals surface area contributed by atoms with Gasteiger partial charge in [0.1, 0.15) is 17.2 Å². The van der Waals surface area contributed by atoms with Gasteiger partial charge >= 0.3 is 0 Å². The number of Topliss-reactive ketones (excluding diaryl/α,β-unsaturated/α-hetero) is 1. The van der Waals surface area contributed by atoms with Crippen molar-refractivity contribution in [3.63, 3.8) is 0 Å². The molecule has 0 unspecified atom stereocenters. The van der Waals surface area contributed by atoms with Crippen LogP contribution >= 0.6 is 0 Å². The number of hydrogen-bond donors (Lipinski definition) is 2. The first-order chi connectivity index (χ1) is 18.6. The number of rotatable bonds is 9. The van der Waals surface area contributed by atoms with Crippen LogP contribution < -0.4 is 4.74 Å². The minimum atomic E-state index is -0.427. The van der Waals surface area contributed by atoms with Gasteiger partial charge in [-0.2, -0.15) is 0 Å². The molecule has 0 aliphatic rings. The molecule has 2 N–H and O–H groups in total. The van der Waals surface area contributed by atoms with Gasteiger partial charge in [0.15, 0.2) is 5.78 Å². The Balaban J connectivity index is 0.000000384. The van der Waals surface area contributed by atoms with E-state index in [9.17, 15) is 19.8 Å². The third-order valence-corrected chi connectivity index (χ3v) is 5.75. The normalized spacial score (nSPS) is 9.92. The molecule has 0 aliphatic carbocycles. The Morgan fingerprint density at radius 1 is 0.795 bits per heavy atom. The molecule has 0 bridgehead atoms. The molecule has 0 saturated carbocycles. The average molecular weight is 536 g/mol. The SMILES string of the molecule is CC(=O)c1cc(C(=O)N(C)Cc2ccccc2)c(O)cc1O.CCC.CCCOc1ccc(CC)c(CC)c1. The van der Waals surface area contributed by atoms with Crippen molar-refractivity contribution in [3.8, 4) is 17.2 Å². The molecule has 0 aromatic heterocycles. The van der Waals surface area contributed by atoms with Crippen molar-refractivity contribution in [1.29, 1.82) is 0 Å². The summed E-state index contributed by atoms with van der Waals surface area (Å²) in [6.45, 7) is 13.2. The molecule has 3 aromatic rings. The van der Waals surface area contributed by atoms with Gasteiger partial charge < -0.3 is 19.8 Å². The lowest BCUT2D eigenvalue weighted by Gasteiger charge is -2.18. The van der Waals surface area contributed by atoms with E-state index in [0.717, 1.165) is 43.2 Å². The number of ether oxygens (including phenoxy) is 1. The lowest BCUT2D eigenvalue weighted by Crippen LogP contribution is -2.26. The van der Waals surface area contributed by atoms with Crippen LogP contribution in [-0.4, -0.2) is 40.5 Å². The molecule has 3 rings (SSSR count). The summed E-state index contributed by atoms with van der Waals surface area (Å²) in [6, 6.07) is 18.1. The second-order valence-corrected chi connectivity index (χ2v) is 9.28. The maximum atomic E-state index is 12.4. The highest BCUT2D eigenvalue weighted by Crippen LogP contribution is 2.29. The first kappa shape index (κ1) is 33.2. The summed E-state index contributed by atoms with van der Waals surface area (Å²) in [4.78, 5) is 25.3. The minimum Gasteiger partial charge on any atom is -0.507 e. The summed E-state index contributed by atoms with van der Waals surface area (Å²) in [7, 11) is 1.61. The van der Waals surface area contributed by atoms with Crippen LogP contribution in [0.1, 0.15) is 91.8 Å². The van der Waals surface area contributed by atoms with Crippen molar-refractivity contribution in [1.82, 2.24) is 4.90 Å². The Hall–Kier alpha value is -3.80. The largest absolute Gasteiger partial charge is 0.507 e. The van der Waals surface area contributed by atoms with Crippen molar-refractivity contribution in [2.24, 2.45) is 0 Å². The Bertz CT molecular complexity index is 1170. The molecule has 6 heteroatoms. The number of phenols is 2. The van der Waals surface area contributed by atoms with Crippen LogP contribution in [0.25, 0.3) is 0 Å². The fourth-order valence-electron chi connectivity index (χ4n) is 3.75. The highest BCUT2D eigenvalue weighted by Gasteiger charge is 2.20. The number of phenolic OH excluding ortho intramolecular Hbond substituents is 2. The number of ketones is 1. The van der Waals surface area contributed by atoms with Gasteiger partial charge in [-0.3, -0.25) is 9.59 Å². The second-order valence-electron chi connectivity index (χ2n) is 9.28. The predicted molar refractivity (Wildman–Crippen MR) is 159 cm³/mol. The van der Waals surface area contributed by atoms with Crippen LogP contribution in [0.2, 0.25) is 0 Å². The molecule has 0 atom stereocenters. The van der Waals surface area contributed by atoms with Gasteiger partial charge in [-0.05, 0) is 61.1 Å². The van der Waals surface area contributed by atoms with Gasteiger partial charge in [0, 0.05) is 19.7 Å². The molecule has 0 fully saturated rings. The molecule has 3 aromatic carbocycles. The van der Waals surface area contributed by atoms with Crippen LogP contribution in [0, 0.1) is 0 Å². The second kappa shape index (κ2) is 17.7. The predicted octanol–water partition coefficient (Wildman–Crippen LogP) is 7.59. The van der Waals surface area contributed by atoms with E-state index < -0.39 is 5.91 Å². The number of carbonyl (C=O) groups is 2. The smallest absolute Gasteiger partial charge is 0.257 e. The molecule has 0 aliphatic heterocycles. The van der Waals surface area contributed by atoms with Gasteiger partial charge in [0.2, 0.25) is 0 Å². The number of benzene rings is 3. The quantitative estimate of drug-likeness (QED) is 0.276. The number of carbonyl (C=O) groups excluding carboxylic acids is 2. The standard InChI is InChI=1S/C17H17NO4.C13H20O.C3H8/c1-11(19)13-8-14(16(21)9-15(13)20)17(22)18(2)10-12-6-4-3-5-7-12;1-4-9-14-13-8-7-11(5-2)12(6-3)10-13;1-3-2/h3-9,20-21H,10H2,1-2H3;7-8,10H,4-6,9H2,1-3H3;3H2,1-2H3. The Morgan fingerprint density at radius 2 is 1.38 bits per heavy atom. The molecule has 0 radical (unpaired) electrons. The average Bonchev–Trinajstić information content (AvgIpc) is 2.92. The van der Waals surface area contributed by atoms with E-state index in [1.54, 1.807) is 7.05 Å². The van der Waals surface area contributed by atoms with Gasteiger partial charge in [0.05, 0.1) is 17.7 Å². The first-order valence-corrected chi connectivity index (χ1v) is 13.7. The van der Waals surface area contributed by atoms with Crippen LogP contribution in [0.4, 0.5) is 0 Å². The molecule has 39 heavy (non-hydrogen) atoms. The number of aryl methyl sites for hydroxylation is 2. The molecular formula is C33H45NO5. The summed E-state index contributed by atoms with van der Waals surface area (Å²) >= 11 is 0. The topological polar surface area (TPSA) is 87.1 Å². The van der Waals surface area contributed by atoms with E-state index in [0.29, 0.717) is 6.54 Å². The zero-order valence-corrected chi connectivity index (χ0v) is 24.6. The molecule has 0 saturated heterocycles. The van der Waals surface area contributed by atoms with E-state index in [2.05, 4.69) is 52.8 Å². The maximum Gasteiger partial charge on any atom is 0.257 e. The highest BCUT2D eigenvalue weighted by molar-refractivity contribution is 6.03. The monoisotopic (exact) mass is 535 g/mol. The van der Waals surface area contributed by atoms with E-state index >= 15 is 0 Å². The summed E-state index contributed by atoms with van der Waals surface area (Å²) in [6.07, 6.45) is 4.51. The third-order valence-electron chi connectivity index (χ3n) is 5.75. The molecule has 0 heterocycles. The molecule has 6 nitrogen and oxygen atoms in total. The number of hydrogen-bond acceptors (Lipinski definition) is 5.